The van der Waals surface area contributed by atoms with E-state index in [9.17, 15) is 13.6 Å². The van der Waals surface area contributed by atoms with Gasteiger partial charge >= 0.3 is 6.61 Å². The van der Waals surface area contributed by atoms with E-state index in [0.717, 1.165) is 5.69 Å². The predicted octanol–water partition coefficient (Wildman–Crippen LogP) is 6.00. The number of hydrogen-bond donors (Lipinski definition) is 2. The molecule has 1 fully saturated rings. The first-order valence-electron chi connectivity index (χ1n) is 13.7. The van der Waals surface area contributed by atoms with Gasteiger partial charge in [-0.1, -0.05) is 18.2 Å². The molecule has 0 radical (unpaired) electrons. The molecule has 6 rings (SSSR count). The number of anilines is 4. The number of morpholine rings is 1. The minimum absolute atomic E-state index is 0.0193. The standard InChI is InChI=1S/C31H28F2N6O4S/c1-41-22-11-7-19(8-12-22)26(40)27-25(34)24(29(44-27)35-20-9-13-23(14-10-20)43-30(32)33)28-36-37-31(38-15-17-42-18-16-38)39(28)21-5-3-2-4-6-21/h2-14,30,35H,15-18,34H2,1H3. The number of methoxy groups -OCH3 is 1. The van der Waals surface area contributed by atoms with Crippen LogP contribution in [0.15, 0.2) is 78.9 Å². The van der Waals surface area contributed by atoms with E-state index >= 15 is 0 Å². The number of nitrogens with one attached hydrogen (secondary N) is 1. The second kappa shape index (κ2) is 12.7. The molecule has 0 atom stereocenters. The first-order valence-corrected chi connectivity index (χ1v) is 14.5. The Kier molecular flexibility index (Phi) is 8.39. The van der Waals surface area contributed by atoms with Crippen LogP contribution in [0.4, 0.5) is 31.1 Å². The summed E-state index contributed by atoms with van der Waals surface area (Å²) in [5.41, 5.74) is 9.33. The van der Waals surface area contributed by atoms with Gasteiger partial charge in [-0.2, -0.15) is 8.78 Å². The summed E-state index contributed by atoms with van der Waals surface area (Å²) in [7, 11) is 1.55. The molecule has 1 aliphatic heterocycles. The first kappa shape index (κ1) is 29.1. The van der Waals surface area contributed by atoms with Crippen molar-refractivity contribution in [1.29, 1.82) is 0 Å². The van der Waals surface area contributed by atoms with Gasteiger partial charge in [-0.25, -0.2) is 0 Å². The third-order valence-electron chi connectivity index (χ3n) is 7.02. The Hall–Kier alpha value is -5.01. The van der Waals surface area contributed by atoms with Crippen LogP contribution >= 0.6 is 11.3 Å². The predicted molar refractivity (Wildman–Crippen MR) is 165 cm³/mol. The summed E-state index contributed by atoms with van der Waals surface area (Å²) >= 11 is 1.17. The normalized spacial score (nSPS) is 13.2. The second-order valence-corrected chi connectivity index (χ2v) is 10.7. The van der Waals surface area contributed by atoms with Gasteiger partial charge in [-0.3, -0.25) is 9.36 Å². The second-order valence-electron chi connectivity index (χ2n) is 9.73. The lowest BCUT2D eigenvalue weighted by atomic mass is 10.1. The molecule has 13 heteroatoms. The monoisotopic (exact) mass is 618 g/mol. The molecule has 0 amide bonds. The molecule has 0 saturated carbocycles. The third-order valence-corrected chi connectivity index (χ3v) is 8.14. The lowest BCUT2D eigenvalue weighted by Gasteiger charge is -2.28. The number of rotatable bonds is 10. The van der Waals surface area contributed by atoms with Gasteiger partial charge in [-0.05, 0) is 60.7 Å². The zero-order valence-electron chi connectivity index (χ0n) is 23.6. The molecule has 2 aromatic heterocycles. The van der Waals surface area contributed by atoms with Crippen LogP contribution in [0, 0.1) is 0 Å². The van der Waals surface area contributed by atoms with Gasteiger partial charge in [0.25, 0.3) is 0 Å². The number of carbonyl (C=O) groups is 1. The quantitative estimate of drug-likeness (QED) is 0.182. The number of nitrogen functional groups attached to an aromatic ring is 1. The number of ketones is 1. The number of thiophene rings is 1. The highest BCUT2D eigenvalue weighted by Crippen LogP contribution is 2.46. The van der Waals surface area contributed by atoms with Crippen molar-refractivity contribution in [2.45, 2.75) is 6.61 Å². The van der Waals surface area contributed by atoms with Crippen LogP contribution in [0.3, 0.4) is 0 Å². The molecule has 226 valence electrons. The Balaban J connectivity index is 1.49. The summed E-state index contributed by atoms with van der Waals surface area (Å²) in [6.45, 7) is -0.576. The maximum atomic E-state index is 13.8. The van der Waals surface area contributed by atoms with Crippen molar-refractivity contribution in [2.24, 2.45) is 0 Å². The fourth-order valence-corrected chi connectivity index (χ4v) is 5.97. The number of carbonyl (C=O) groups excluding carboxylic acids is 1. The number of nitrogens with zero attached hydrogens (tertiary/aromatic N) is 4. The van der Waals surface area contributed by atoms with Crippen molar-refractivity contribution in [3.8, 4) is 28.6 Å². The lowest BCUT2D eigenvalue weighted by Crippen LogP contribution is -2.37. The molecule has 0 spiro atoms. The van der Waals surface area contributed by atoms with Crippen molar-refractivity contribution >= 4 is 39.4 Å². The van der Waals surface area contributed by atoms with Crippen molar-refractivity contribution < 1.29 is 27.8 Å². The number of para-hydroxylation sites is 1. The van der Waals surface area contributed by atoms with Gasteiger partial charge < -0.3 is 30.2 Å². The molecule has 3 heterocycles. The number of halogens is 2. The molecule has 0 bridgehead atoms. The van der Waals surface area contributed by atoms with Crippen molar-refractivity contribution in [2.75, 3.05) is 49.4 Å². The molecule has 1 aliphatic rings. The Morgan fingerprint density at radius 2 is 1.66 bits per heavy atom. The van der Waals surface area contributed by atoms with Gasteiger partial charge in [0.2, 0.25) is 11.7 Å². The number of alkyl halides is 2. The topological polar surface area (TPSA) is 117 Å². The van der Waals surface area contributed by atoms with E-state index in [4.69, 9.17) is 15.2 Å². The SMILES string of the molecule is COc1ccc(C(=O)c2sc(Nc3ccc(OC(F)F)cc3)c(-c3nnc(N4CCOCC4)n3-c3ccccc3)c2N)cc1. The maximum Gasteiger partial charge on any atom is 0.387 e. The average Bonchev–Trinajstić information content (AvgIpc) is 3.62. The maximum absolute atomic E-state index is 13.8. The minimum Gasteiger partial charge on any atom is -0.497 e. The van der Waals surface area contributed by atoms with Crippen LogP contribution in [0.1, 0.15) is 15.2 Å². The molecular formula is C31H28F2N6O4S. The zero-order valence-corrected chi connectivity index (χ0v) is 24.4. The van der Waals surface area contributed by atoms with Crippen LogP contribution in [0.5, 0.6) is 11.5 Å². The Bertz CT molecular complexity index is 1740. The fraction of sp³-hybridized carbons (Fsp3) is 0.194. The summed E-state index contributed by atoms with van der Waals surface area (Å²) in [6, 6.07) is 22.5. The molecular weight excluding hydrogens is 590 g/mol. The van der Waals surface area contributed by atoms with Gasteiger partial charge in [0.05, 0.1) is 37.3 Å². The molecule has 10 nitrogen and oxygen atoms in total. The number of benzene rings is 3. The van der Waals surface area contributed by atoms with Crippen molar-refractivity contribution in [3.63, 3.8) is 0 Å². The third kappa shape index (κ3) is 5.92. The summed E-state index contributed by atoms with van der Waals surface area (Å²) < 4.78 is 42.6. The van der Waals surface area contributed by atoms with E-state index in [0.29, 0.717) is 70.5 Å². The molecule has 1 saturated heterocycles. The van der Waals surface area contributed by atoms with Crippen LogP contribution in [0.2, 0.25) is 0 Å². The first-order chi connectivity index (χ1) is 21.4. The van der Waals surface area contributed by atoms with Crippen LogP contribution < -0.4 is 25.4 Å². The number of hydrogen-bond acceptors (Lipinski definition) is 10. The number of nitrogens with two attached hydrogens (primary N) is 1. The molecule has 5 aromatic rings. The smallest absolute Gasteiger partial charge is 0.387 e. The number of ether oxygens (including phenoxy) is 3. The Morgan fingerprint density at radius 1 is 0.977 bits per heavy atom. The highest BCUT2D eigenvalue weighted by atomic mass is 32.1. The van der Waals surface area contributed by atoms with Crippen LogP contribution in [-0.2, 0) is 4.74 Å². The van der Waals surface area contributed by atoms with E-state index in [1.54, 1.807) is 43.5 Å². The summed E-state index contributed by atoms with van der Waals surface area (Å²) in [5, 5.41) is 13.0. The van der Waals surface area contributed by atoms with E-state index in [1.807, 2.05) is 34.9 Å². The lowest BCUT2D eigenvalue weighted by molar-refractivity contribution is -0.0498. The van der Waals surface area contributed by atoms with Crippen molar-refractivity contribution in [3.05, 3.63) is 89.3 Å². The van der Waals surface area contributed by atoms with E-state index < -0.39 is 6.61 Å². The largest absolute Gasteiger partial charge is 0.497 e. The summed E-state index contributed by atoms with van der Waals surface area (Å²) in [4.78, 5) is 16.2. The van der Waals surface area contributed by atoms with E-state index in [-0.39, 0.29) is 17.2 Å². The summed E-state index contributed by atoms with van der Waals surface area (Å²) in [6.07, 6.45) is 0. The van der Waals surface area contributed by atoms with Crippen LogP contribution in [0.25, 0.3) is 17.1 Å². The highest BCUT2D eigenvalue weighted by Gasteiger charge is 2.30. The zero-order chi connectivity index (χ0) is 30.6. The minimum atomic E-state index is -2.94. The molecule has 3 N–H and O–H groups in total. The van der Waals surface area contributed by atoms with Gasteiger partial charge in [-0.15, -0.1) is 21.5 Å². The van der Waals surface area contributed by atoms with Gasteiger partial charge in [0, 0.05) is 24.3 Å². The van der Waals surface area contributed by atoms with Crippen LogP contribution in [-0.4, -0.2) is 60.6 Å². The Labute approximate surface area is 255 Å². The number of aromatic nitrogens is 3. The molecule has 0 unspecified atom stereocenters. The average molecular weight is 619 g/mol. The molecule has 0 aliphatic carbocycles. The van der Waals surface area contributed by atoms with Crippen molar-refractivity contribution in [1.82, 2.24) is 14.8 Å². The molecule has 3 aromatic carbocycles. The summed E-state index contributed by atoms with van der Waals surface area (Å²) in [5.74, 6) is 1.41. The van der Waals surface area contributed by atoms with Gasteiger partial charge in [0.15, 0.2) is 5.82 Å². The van der Waals surface area contributed by atoms with Gasteiger partial charge in [0.1, 0.15) is 21.4 Å². The molecule has 44 heavy (non-hydrogen) atoms. The fourth-order valence-electron chi connectivity index (χ4n) is 4.87. The van der Waals surface area contributed by atoms with E-state index in [1.165, 1.54) is 23.5 Å². The highest BCUT2D eigenvalue weighted by molar-refractivity contribution is 7.19. The van der Waals surface area contributed by atoms with E-state index in [2.05, 4.69) is 25.2 Å². The Morgan fingerprint density at radius 3 is 2.32 bits per heavy atom.